The van der Waals surface area contributed by atoms with Crippen LogP contribution in [-0.4, -0.2) is 49.3 Å². The highest BCUT2D eigenvalue weighted by atomic mass is 16.5. The summed E-state index contributed by atoms with van der Waals surface area (Å²) in [7, 11) is 1.97. The third-order valence-electron chi connectivity index (χ3n) is 2.95. The van der Waals surface area contributed by atoms with E-state index >= 15 is 0 Å². The summed E-state index contributed by atoms with van der Waals surface area (Å²) in [5, 5.41) is 9.30. The van der Waals surface area contributed by atoms with Gasteiger partial charge in [-0.15, -0.1) is 0 Å². The van der Waals surface area contributed by atoms with Gasteiger partial charge in [0.1, 0.15) is 5.41 Å². The number of aliphatic carboxylic acids is 1. The molecule has 1 N–H and O–H groups in total. The van der Waals surface area contributed by atoms with Gasteiger partial charge in [0.25, 0.3) is 0 Å². The molecule has 88 valence electrons. The lowest BCUT2D eigenvalue weighted by molar-refractivity contribution is -0.159. The van der Waals surface area contributed by atoms with Crippen molar-refractivity contribution in [1.82, 2.24) is 4.90 Å². The molecule has 0 spiro atoms. The first kappa shape index (κ1) is 12.5. The molecule has 0 aliphatic carbocycles. The predicted octanol–water partition coefficient (Wildman–Crippen LogP) is 1.21. The standard InChI is InChI=1S/C11H21NO3/c1-3-6-12(2)8-11(10(13)14)5-4-7-15-9-11/h3-9H2,1-2H3,(H,13,14). The van der Waals surface area contributed by atoms with Crippen molar-refractivity contribution in [2.24, 2.45) is 5.41 Å². The second kappa shape index (κ2) is 5.47. The molecule has 4 heteroatoms. The SMILES string of the molecule is CCCN(C)CC1(C(=O)O)CCCOC1. The van der Waals surface area contributed by atoms with Crippen molar-refractivity contribution in [3.63, 3.8) is 0 Å². The maximum absolute atomic E-state index is 11.3. The number of rotatable bonds is 5. The molecule has 0 radical (unpaired) electrons. The van der Waals surface area contributed by atoms with E-state index in [0.29, 0.717) is 19.8 Å². The third-order valence-corrected chi connectivity index (χ3v) is 2.95. The number of ether oxygens (including phenoxy) is 1. The fraction of sp³-hybridized carbons (Fsp3) is 0.909. The van der Waals surface area contributed by atoms with Gasteiger partial charge in [0.05, 0.1) is 6.61 Å². The van der Waals surface area contributed by atoms with Crippen LogP contribution in [-0.2, 0) is 9.53 Å². The second-order valence-corrected chi connectivity index (χ2v) is 4.48. The summed E-state index contributed by atoms with van der Waals surface area (Å²) in [6.07, 6.45) is 2.63. The van der Waals surface area contributed by atoms with Gasteiger partial charge in [0.15, 0.2) is 0 Å². The van der Waals surface area contributed by atoms with Crippen LogP contribution in [0.5, 0.6) is 0 Å². The van der Waals surface area contributed by atoms with Gasteiger partial charge in [-0.1, -0.05) is 6.92 Å². The molecular weight excluding hydrogens is 194 g/mol. The summed E-state index contributed by atoms with van der Waals surface area (Å²) < 4.78 is 5.32. The molecule has 15 heavy (non-hydrogen) atoms. The number of hydrogen-bond donors (Lipinski definition) is 1. The van der Waals surface area contributed by atoms with Crippen LogP contribution in [0.25, 0.3) is 0 Å². The summed E-state index contributed by atoms with van der Waals surface area (Å²) in [6, 6.07) is 0. The van der Waals surface area contributed by atoms with Crippen LogP contribution in [0.1, 0.15) is 26.2 Å². The van der Waals surface area contributed by atoms with Crippen molar-refractivity contribution in [2.75, 3.05) is 33.4 Å². The Morgan fingerprint density at radius 2 is 2.33 bits per heavy atom. The van der Waals surface area contributed by atoms with Gasteiger partial charge in [-0.05, 0) is 32.9 Å². The number of carboxylic acid groups (broad SMARTS) is 1. The van der Waals surface area contributed by atoms with E-state index in [1.807, 2.05) is 7.05 Å². The van der Waals surface area contributed by atoms with Crippen molar-refractivity contribution >= 4 is 5.97 Å². The summed E-state index contributed by atoms with van der Waals surface area (Å²) in [4.78, 5) is 13.4. The van der Waals surface area contributed by atoms with Crippen molar-refractivity contribution < 1.29 is 14.6 Å². The Labute approximate surface area is 91.2 Å². The van der Waals surface area contributed by atoms with Crippen molar-refractivity contribution in [2.45, 2.75) is 26.2 Å². The molecule has 1 atom stereocenters. The predicted molar refractivity (Wildman–Crippen MR) is 57.9 cm³/mol. The summed E-state index contributed by atoms with van der Waals surface area (Å²) >= 11 is 0. The quantitative estimate of drug-likeness (QED) is 0.749. The monoisotopic (exact) mass is 215 g/mol. The van der Waals surface area contributed by atoms with Crippen LogP contribution in [0, 0.1) is 5.41 Å². The number of nitrogens with zero attached hydrogens (tertiary/aromatic N) is 1. The lowest BCUT2D eigenvalue weighted by Crippen LogP contribution is -2.47. The largest absolute Gasteiger partial charge is 0.481 e. The van der Waals surface area contributed by atoms with Gasteiger partial charge in [-0.25, -0.2) is 0 Å². The van der Waals surface area contributed by atoms with Gasteiger partial charge in [0.2, 0.25) is 0 Å². The second-order valence-electron chi connectivity index (χ2n) is 4.48. The molecule has 0 bridgehead atoms. The van der Waals surface area contributed by atoms with Gasteiger partial charge in [-0.2, -0.15) is 0 Å². The molecule has 1 aliphatic rings. The summed E-state index contributed by atoms with van der Waals surface area (Å²) in [6.45, 7) is 4.69. The van der Waals surface area contributed by atoms with Crippen LogP contribution >= 0.6 is 0 Å². The molecule has 0 aromatic rings. The minimum atomic E-state index is -0.717. The zero-order valence-corrected chi connectivity index (χ0v) is 9.66. The van der Waals surface area contributed by atoms with Crippen LogP contribution in [0.3, 0.4) is 0 Å². The third kappa shape index (κ3) is 3.18. The first-order valence-electron chi connectivity index (χ1n) is 5.60. The van der Waals surface area contributed by atoms with E-state index < -0.39 is 11.4 Å². The molecule has 0 amide bonds. The summed E-state index contributed by atoms with van der Waals surface area (Å²) in [5.41, 5.74) is -0.678. The first-order valence-corrected chi connectivity index (χ1v) is 5.60. The molecule has 1 saturated heterocycles. The average molecular weight is 215 g/mol. The van der Waals surface area contributed by atoms with Crippen molar-refractivity contribution in [3.8, 4) is 0 Å². The Morgan fingerprint density at radius 3 is 2.80 bits per heavy atom. The molecule has 1 fully saturated rings. The molecule has 1 aliphatic heterocycles. The molecule has 1 heterocycles. The van der Waals surface area contributed by atoms with Crippen molar-refractivity contribution in [1.29, 1.82) is 0 Å². The molecule has 0 aromatic carbocycles. The molecule has 1 rings (SSSR count). The van der Waals surface area contributed by atoms with Crippen LogP contribution < -0.4 is 0 Å². The van der Waals surface area contributed by atoms with Crippen molar-refractivity contribution in [3.05, 3.63) is 0 Å². The van der Waals surface area contributed by atoms with E-state index in [1.165, 1.54) is 0 Å². The number of carbonyl (C=O) groups is 1. The smallest absolute Gasteiger partial charge is 0.313 e. The Bertz CT molecular complexity index is 212. The van der Waals surface area contributed by atoms with E-state index in [9.17, 15) is 9.90 Å². The zero-order valence-electron chi connectivity index (χ0n) is 9.66. The van der Waals surface area contributed by atoms with E-state index in [1.54, 1.807) is 0 Å². The van der Waals surface area contributed by atoms with Crippen LogP contribution in [0.2, 0.25) is 0 Å². The molecule has 1 unspecified atom stereocenters. The maximum Gasteiger partial charge on any atom is 0.313 e. The molecule has 4 nitrogen and oxygen atoms in total. The maximum atomic E-state index is 11.3. The van der Waals surface area contributed by atoms with E-state index in [2.05, 4.69) is 11.8 Å². The zero-order chi connectivity index (χ0) is 11.3. The Balaban J connectivity index is 2.60. The minimum Gasteiger partial charge on any atom is -0.481 e. The average Bonchev–Trinajstić information content (AvgIpc) is 2.19. The van der Waals surface area contributed by atoms with Gasteiger partial charge >= 0.3 is 5.97 Å². The van der Waals surface area contributed by atoms with E-state index in [-0.39, 0.29) is 0 Å². The highest BCUT2D eigenvalue weighted by Crippen LogP contribution is 2.29. The van der Waals surface area contributed by atoms with Crippen LogP contribution in [0.4, 0.5) is 0 Å². The fourth-order valence-electron chi connectivity index (χ4n) is 2.19. The normalized spacial score (nSPS) is 26.9. The van der Waals surface area contributed by atoms with Gasteiger partial charge in [-0.3, -0.25) is 4.79 Å². The van der Waals surface area contributed by atoms with Gasteiger partial charge in [0, 0.05) is 13.2 Å². The number of carboxylic acids is 1. The van der Waals surface area contributed by atoms with E-state index in [4.69, 9.17) is 4.74 Å². The topological polar surface area (TPSA) is 49.8 Å². The molecule has 0 aromatic heterocycles. The fourth-order valence-corrected chi connectivity index (χ4v) is 2.19. The Kier molecular flexibility index (Phi) is 4.54. The van der Waals surface area contributed by atoms with Crippen LogP contribution in [0.15, 0.2) is 0 Å². The molecular formula is C11H21NO3. The Hall–Kier alpha value is -0.610. The lowest BCUT2D eigenvalue weighted by atomic mass is 9.82. The van der Waals surface area contributed by atoms with Gasteiger partial charge < -0.3 is 14.7 Å². The van der Waals surface area contributed by atoms with E-state index in [0.717, 1.165) is 25.8 Å². The summed E-state index contributed by atoms with van der Waals surface area (Å²) in [5.74, 6) is -0.717. The first-order chi connectivity index (χ1) is 7.10. The highest BCUT2D eigenvalue weighted by molar-refractivity contribution is 5.75. The highest BCUT2D eigenvalue weighted by Gasteiger charge is 2.41. The number of hydrogen-bond acceptors (Lipinski definition) is 3. The molecule has 0 saturated carbocycles. The Morgan fingerprint density at radius 1 is 1.60 bits per heavy atom. The minimum absolute atomic E-state index is 0.358. The lowest BCUT2D eigenvalue weighted by Gasteiger charge is -2.36.